The quantitative estimate of drug-likeness (QED) is 0.412. The third-order valence-corrected chi connectivity index (χ3v) is 4.26. The molecule has 0 unspecified atom stereocenters. The molecule has 0 radical (unpaired) electrons. The number of carboxylic acid groups (broad SMARTS) is 1. The van der Waals surface area contributed by atoms with Gasteiger partial charge in [-0.25, -0.2) is 4.79 Å². The van der Waals surface area contributed by atoms with Crippen molar-refractivity contribution in [1.29, 1.82) is 0 Å². The summed E-state index contributed by atoms with van der Waals surface area (Å²) in [6, 6.07) is 5.38. The number of ether oxygens (including phenoxy) is 3. The number of nitrogens with zero attached hydrogens (tertiary/aromatic N) is 1. The van der Waals surface area contributed by atoms with E-state index in [9.17, 15) is 25.4 Å². The van der Waals surface area contributed by atoms with Crippen LogP contribution in [0.4, 0.5) is 5.69 Å². The molecule has 0 atom stereocenters. The lowest BCUT2D eigenvalue weighted by Crippen LogP contribution is -2.13. The van der Waals surface area contributed by atoms with Gasteiger partial charge in [-0.2, -0.15) is 0 Å². The van der Waals surface area contributed by atoms with Gasteiger partial charge in [0, 0.05) is 27.6 Å². The molecule has 0 amide bonds. The number of aromatic carboxylic acids is 1. The first-order valence-corrected chi connectivity index (χ1v) is 7.43. The number of hydrogen-bond acceptors (Lipinski definition) is 8. The number of rotatable bonds is 3. The van der Waals surface area contributed by atoms with Crippen LogP contribution in [0.15, 0.2) is 24.3 Å². The van der Waals surface area contributed by atoms with Crippen LogP contribution in [0.2, 0.25) is 0 Å². The van der Waals surface area contributed by atoms with Gasteiger partial charge in [-0.3, -0.25) is 10.4 Å². The molecule has 4 N–H and O–H groups in total. The molecule has 9 nitrogen and oxygen atoms in total. The van der Waals surface area contributed by atoms with Crippen molar-refractivity contribution in [3.63, 3.8) is 0 Å². The molecule has 0 aliphatic carbocycles. The van der Waals surface area contributed by atoms with E-state index in [2.05, 4.69) is 0 Å². The molecule has 3 aromatic rings. The standard InChI is InChI=1S/C17H13NO8/c1-24-12-3-7(19)2-9-8(12)4-11(18(22)23)14-10(17(20)21)5-13-16(15(9)14)26-6-25-13/h2-5,19,22-23H,6H2,1H3,(H,20,21). The molecule has 1 aliphatic rings. The van der Waals surface area contributed by atoms with E-state index in [-0.39, 0.29) is 57.0 Å². The van der Waals surface area contributed by atoms with Crippen LogP contribution < -0.4 is 19.4 Å². The maximum atomic E-state index is 11.8. The Morgan fingerprint density at radius 1 is 1.12 bits per heavy atom. The Morgan fingerprint density at radius 3 is 2.54 bits per heavy atom. The highest BCUT2D eigenvalue weighted by Crippen LogP contribution is 2.49. The van der Waals surface area contributed by atoms with Gasteiger partial charge in [0.1, 0.15) is 17.2 Å². The molecule has 4 rings (SSSR count). The van der Waals surface area contributed by atoms with Crippen LogP contribution in [0.5, 0.6) is 23.0 Å². The third-order valence-electron chi connectivity index (χ3n) is 4.26. The Hall–Kier alpha value is -3.43. The Bertz CT molecular complexity index is 1080. The zero-order chi connectivity index (χ0) is 18.6. The van der Waals surface area contributed by atoms with Crippen LogP contribution in [0.3, 0.4) is 0 Å². The number of fused-ring (bicyclic) bond motifs is 5. The Morgan fingerprint density at radius 2 is 1.88 bits per heavy atom. The fourth-order valence-electron chi connectivity index (χ4n) is 3.24. The fraction of sp³-hybridized carbons (Fsp3) is 0.118. The molecule has 0 spiro atoms. The zero-order valence-corrected chi connectivity index (χ0v) is 13.4. The summed E-state index contributed by atoms with van der Waals surface area (Å²) in [5.41, 5.74) is -0.399. The van der Waals surface area contributed by atoms with Crippen LogP contribution in [-0.4, -0.2) is 40.5 Å². The number of methoxy groups -OCH3 is 1. The van der Waals surface area contributed by atoms with Crippen molar-refractivity contribution < 1.29 is 39.6 Å². The van der Waals surface area contributed by atoms with E-state index in [1.54, 1.807) is 0 Å². The average molecular weight is 359 g/mol. The van der Waals surface area contributed by atoms with Gasteiger partial charge in [0.25, 0.3) is 0 Å². The molecular formula is C17H13NO8. The summed E-state index contributed by atoms with van der Waals surface area (Å²) in [4.78, 5) is 11.8. The Balaban J connectivity index is 2.33. The van der Waals surface area contributed by atoms with E-state index >= 15 is 0 Å². The number of carbonyl (C=O) groups is 1. The second-order valence-electron chi connectivity index (χ2n) is 5.64. The molecule has 26 heavy (non-hydrogen) atoms. The Kier molecular flexibility index (Phi) is 3.43. The van der Waals surface area contributed by atoms with E-state index in [1.807, 2.05) is 0 Å². The smallest absolute Gasteiger partial charge is 0.336 e. The number of phenolic OH excluding ortho intramolecular Hbond substituents is 1. The van der Waals surface area contributed by atoms with Crippen molar-refractivity contribution in [3.8, 4) is 23.0 Å². The normalized spacial score (nSPS) is 12.6. The summed E-state index contributed by atoms with van der Waals surface area (Å²) < 4.78 is 16.1. The van der Waals surface area contributed by atoms with Crippen molar-refractivity contribution >= 4 is 33.2 Å². The minimum Gasteiger partial charge on any atom is -0.508 e. The number of benzene rings is 3. The first-order chi connectivity index (χ1) is 12.4. The monoisotopic (exact) mass is 359 g/mol. The maximum Gasteiger partial charge on any atom is 0.336 e. The average Bonchev–Trinajstić information content (AvgIpc) is 3.07. The molecule has 9 heteroatoms. The minimum absolute atomic E-state index is 0.0203. The zero-order valence-electron chi connectivity index (χ0n) is 13.4. The maximum absolute atomic E-state index is 11.8. The van der Waals surface area contributed by atoms with Gasteiger partial charge in [-0.15, -0.1) is 5.23 Å². The van der Waals surface area contributed by atoms with Gasteiger partial charge >= 0.3 is 5.97 Å². The molecule has 134 valence electrons. The second-order valence-corrected chi connectivity index (χ2v) is 5.64. The van der Waals surface area contributed by atoms with Gasteiger partial charge in [0.15, 0.2) is 11.5 Å². The summed E-state index contributed by atoms with van der Waals surface area (Å²) >= 11 is 0. The van der Waals surface area contributed by atoms with E-state index in [0.29, 0.717) is 10.8 Å². The topological polar surface area (TPSA) is 129 Å². The van der Waals surface area contributed by atoms with Crippen LogP contribution in [0.25, 0.3) is 21.5 Å². The highest BCUT2D eigenvalue weighted by atomic mass is 16.8. The summed E-state index contributed by atoms with van der Waals surface area (Å²) in [6.45, 7) is -0.114. The molecule has 0 saturated heterocycles. The van der Waals surface area contributed by atoms with E-state index in [0.717, 1.165) is 0 Å². The number of aromatic hydroxyl groups is 1. The van der Waals surface area contributed by atoms with Crippen LogP contribution in [-0.2, 0) is 0 Å². The fourth-order valence-corrected chi connectivity index (χ4v) is 3.24. The molecule has 1 heterocycles. The summed E-state index contributed by atoms with van der Waals surface area (Å²) in [7, 11) is 1.39. The van der Waals surface area contributed by atoms with Crippen molar-refractivity contribution in [2.24, 2.45) is 0 Å². The summed E-state index contributed by atoms with van der Waals surface area (Å²) in [5.74, 6) is -0.688. The van der Waals surface area contributed by atoms with Crippen molar-refractivity contribution in [3.05, 3.63) is 29.8 Å². The van der Waals surface area contributed by atoms with Crippen molar-refractivity contribution in [1.82, 2.24) is 0 Å². The first-order valence-electron chi connectivity index (χ1n) is 7.43. The van der Waals surface area contributed by atoms with E-state index in [4.69, 9.17) is 14.2 Å². The highest BCUT2D eigenvalue weighted by molar-refractivity contribution is 6.23. The Labute approximate surface area is 145 Å². The van der Waals surface area contributed by atoms with Gasteiger partial charge in [0.2, 0.25) is 6.79 Å². The predicted molar refractivity (Wildman–Crippen MR) is 88.8 cm³/mol. The molecule has 0 fully saturated rings. The molecule has 0 bridgehead atoms. The van der Waals surface area contributed by atoms with Crippen molar-refractivity contribution in [2.45, 2.75) is 0 Å². The lowest BCUT2D eigenvalue weighted by molar-refractivity contribution is 0.0300. The lowest BCUT2D eigenvalue weighted by atomic mass is 9.94. The molecule has 3 aromatic carbocycles. The number of hydrogen-bond donors (Lipinski definition) is 4. The van der Waals surface area contributed by atoms with Crippen LogP contribution in [0.1, 0.15) is 10.4 Å². The second kappa shape index (κ2) is 5.55. The summed E-state index contributed by atoms with van der Waals surface area (Å²) in [5, 5.41) is 39.9. The molecule has 0 aromatic heterocycles. The summed E-state index contributed by atoms with van der Waals surface area (Å²) in [6.07, 6.45) is 0. The van der Waals surface area contributed by atoms with E-state index in [1.165, 1.54) is 31.4 Å². The SMILES string of the molecule is COc1cc(O)cc2c1cc(N(O)O)c1c(C(=O)O)cc3c(c12)OCO3. The molecule has 1 aliphatic heterocycles. The van der Waals surface area contributed by atoms with Gasteiger partial charge in [-0.05, 0) is 18.2 Å². The first kappa shape index (κ1) is 16.1. The van der Waals surface area contributed by atoms with Gasteiger partial charge < -0.3 is 24.4 Å². The lowest BCUT2D eigenvalue weighted by Gasteiger charge is -2.18. The number of carboxylic acids is 1. The largest absolute Gasteiger partial charge is 0.508 e. The van der Waals surface area contributed by atoms with Crippen LogP contribution in [0, 0.1) is 0 Å². The molecular weight excluding hydrogens is 346 g/mol. The van der Waals surface area contributed by atoms with E-state index < -0.39 is 5.97 Å². The third kappa shape index (κ3) is 2.15. The number of anilines is 1. The van der Waals surface area contributed by atoms with Gasteiger partial charge in [0.05, 0.1) is 12.7 Å². The van der Waals surface area contributed by atoms with Gasteiger partial charge in [-0.1, -0.05) is 0 Å². The number of phenols is 1. The highest BCUT2D eigenvalue weighted by Gasteiger charge is 2.28. The predicted octanol–water partition coefficient (Wildman–Crippen LogP) is 2.72. The minimum atomic E-state index is -1.29. The molecule has 0 saturated carbocycles. The van der Waals surface area contributed by atoms with Crippen LogP contribution >= 0.6 is 0 Å². The van der Waals surface area contributed by atoms with Crippen molar-refractivity contribution in [2.75, 3.05) is 19.1 Å².